The summed E-state index contributed by atoms with van der Waals surface area (Å²) in [6, 6.07) is 15.2. The Morgan fingerprint density at radius 2 is 1.95 bits per heavy atom. The van der Waals surface area contributed by atoms with E-state index < -0.39 is 0 Å². The highest BCUT2D eigenvalue weighted by Gasteiger charge is 2.28. The van der Waals surface area contributed by atoms with Crippen LogP contribution in [0.3, 0.4) is 0 Å². The van der Waals surface area contributed by atoms with Crippen LogP contribution in [0.2, 0.25) is 0 Å². The van der Waals surface area contributed by atoms with Crippen LogP contribution in [-0.2, 0) is 17.8 Å². The van der Waals surface area contributed by atoms with E-state index in [2.05, 4.69) is 82.3 Å². The van der Waals surface area contributed by atoms with Gasteiger partial charge in [-0.2, -0.15) is 4.98 Å². The smallest absolute Gasteiger partial charge is 0.222 e. The second kappa shape index (κ2) is 14.0. The molecule has 0 spiro atoms. The Hall–Kier alpha value is -3.40. The fraction of sp³-hybridized carbons (Fsp3) is 0.500. The summed E-state index contributed by atoms with van der Waals surface area (Å²) >= 11 is 0. The van der Waals surface area contributed by atoms with E-state index in [1.54, 1.807) is 14.0 Å². The summed E-state index contributed by atoms with van der Waals surface area (Å²) in [5.74, 6) is 1.92. The number of rotatable bonds is 10. The van der Waals surface area contributed by atoms with Crippen LogP contribution in [0, 0.1) is 0 Å². The van der Waals surface area contributed by atoms with Gasteiger partial charge in [0.15, 0.2) is 5.82 Å². The topological polar surface area (TPSA) is 119 Å². The number of nitrogen functional groups attached to an aromatic ring is 1. The third-order valence-corrected chi connectivity index (χ3v) is 7.41. The SMILES string of the molecule is CCCCNc1nc(N)nc2c3ccccc3n(Cc3cc(CNC4CCOC(C)(C)C4)ccc3OC)c12.CCO. The van der Waals surface area contributed by atoms with Gasteiger partial charge in [-0.25, -0.2) is 4.98 Å². The molecule has 0 radical (unpaired) electrons. The molecule has 41 heavy (non-hydrogen) atoms. The van der Waals surface area contributed by atoms with Gasteiger partial charge in [-0.3, -0.25) is 0 Å². The summed E-state index contributed by atoms with van der Waals surface area (Å²) in [5.41, 5.74) is 11.3. The summed E-state index contributed by atoms with van der Waals surface area (Å²) in [4.78, 5) is 9.27. The first-order chi connectivity index (χ1) is 19.8. The van der Waals surface area contributed by atoms with Crippen molar-refractivity contribution in [3.05, 3.63) is 53.6 Å². The molecule has 222 valence electrons. The quantitative estimate of drug-likeness (QED) is 0.188. The summed E-state index contributed by atoms with van der Waals surface area (Å²) in [6.45, 7) is 11.5. The van der Waals surface area contributed by atoms with Crippen molar-refractivity contribution in [2.75, 3.05) is 37.9 Å². The molecule has 2 aromatic carbocycles. The summed E-state index contributed by atoms with van der Waals surface area (Å²) in [5, 5.41) is 15.9. The fourth-order valence-corrected chi connectivity index (χ4v) is 5.52. The van der Waals surface area contributed by atoms with Gasteiger partial charge in [0.2, 0.25) is 5.95 Å². The summed E-state index contributed by atoms with van der Waals surface area (Å²) < 4.78 is 14.0. The van der Waals surface area contributed by atoms with Crippen molar-refractivity contribution < 1.29 is 14.6 Å². The Balaban J connectivity index is 0.00000124. The number of nitrogens with zero attached hydrogens (tertiary/aromatic N) is 3. The number of nitrogens with two attached hydrogens (primary N) is 1. The first kappa shape index (κ1) is 30.6. The van der Waals surface area contributed by atoms with Crippen LogP contribution in [-0.4, -0.2) is 58.2 Å². The summed E-state index contributed by atoms with van der Waals surface area (Å²) in [6.07, 6.45) is 4.20. The molecule has 9 heteroatoms. The number of anilines is 2. The zero-order valence-electron chi connectivity index (χ0n) is 25.2. The molecule has 1 aliphatic heterocycles. The standard InChI is InChI=1S/C30H40N6O2.C2H6O/c1-5-6-14-32-28-27-26(34-29(31)35-28)23-9-7-8-10-24(23)36(27)19-21-16-20(11-12-25(21)37-4)18-33-22-13-15-38-30(2,3)17-22;1-2-3/h7-12,16,22,33H,5-6,13-15,17-19H2,1-4H3,(H3,31,32,34,35);3H,2H2,1H3. The predicted octanol–water partition coefficient (Wildman–Crippen LogP) is 5.48. The molecular weight excluding hydrogens is 516 g/mol. The Morgan fingerprint density at radius 1 is 1.17 bits per heavy atom. The molecule has 5 rings (SSSR count). The number of ether oxygens (including phenoxy) is 2. The van der Waals surface area contributed by atoms with E-state index >= 15 is 0 Å². The van der Waals surface area contributed by atoms with Gasteiger partial charge >= 0.3 is 0 Å². The first-order valence-corrected chi connectivity index (χ1v) is 14.7. The molecule has 1 fully saturated rings. The molecule has 9 nitrogen and oxygen atoms in total. The van der Waals surface area contributed by atoms with Gasteiger partial charge in [0.25, 0.3) is 0 Å². The van der Waals surface area contributed by atoms with Crippen molar-refractivity contribution in [1.29, 1.82) is 0 Å². The van der Waals surface area contributed by atoms with Crippen molar-refractivity contribution in [1.82, 2.24) is 19.9 Å². The lowest BCUT2D eigenvalue weighted by Crippen LogP contribution is -2.43. The maximum Gasteiger partial charge on any atom is 0.222 e. The van der Waals surface area contributed by atoms with Crippen LogP contribution in [0.4, 0.5) is 11.8 Å². The number of nitrogens with one attached hydrogen (secondary N) is 2. The third-order valence-electron chi connectivity index (χ3n) is 7.41. The van der Waals surface area contributed by atoms with Crippen LogP contribution in [0.5, 0.6) is 5.75 Å². The van der Waals surface area contributed by atoms with E-state index in [0.717, 1.165) is 84.4 Å². The highest BCUT2D eigenvalue weighted by atomic mass is 16.5. The molecule has 1 atom stereocenters. The van der Waals surface area contributed by atoms with E-state index in [9.17, 15) is 0 Å². The molecule has 1 aliphatic rings. The zero-order valence-corrected chi connectivity index (χ0v) is 25.2. The molecule has 4 aromatic rings. The Morgan fingerprint density at radius 3 is 2.68 bits per heavy atom. The lowest BCUT2D eigenvalue weighted by Gasteiger charge is -2.36. The average Bonchev–Trinajstić information content (AvgIpc) is 3.25. The van der Waals surface area contributed by atoms with Gasteiger partial charge in [0.1, 0.15) is 16.8 Å². The minimum atomic E-state index is -0.0775. The van der Waals surface area contributed by atoms with E-state index in [1.165, 1.54) is 5.56 Å². The Labute approximate surface area is 243 Å². The number of para-hydroxylation sites is 1. The van der Waals surface area contributed by atoms with Gasteiger partial charge < -0.3 is 35.5 Å². The second-order valence-corrected chi connectivity index (χ2v) is 11.2. The second-order valence-electron chi connectivity index (χ2n) is 11.2. The molecular formula is C32H46N6O3. The number of hydrogen-bond donors (Lipinski definition) is 4. The third kappa shape index (κ3) is 7.47. The normalized spacial score (nSPS) is 16.4. The number of aromatic nitrogens is 3. The number of hydrogen-bond acceptors (Lipinski definition) is 8. The van der Waals surface area contributed by atoms with Crippen molar-refractivity contribution in [3.63, 3.8) is 0 Å². The molecule has 2 aromatic heterocycles. The van der Waals surface area contributed by atoms with E-state index in [1.807, 2.05) is 6.07 Å². The van der Waals surface area contributed by atoms with Gasteiger partial charge in [-0.15, -0.1) is 0 Å². The molecule has 3 heterocycles. The highest BCUT2D eigenvalue weighted by molar-refractivity contribution is 6.09. The number of aliphatic hydroxyl groups excluding tert-OH is 1. The number of aliphatic hydroxyl groups is 1. The van der Waals surface area contributed by atoms with Crippen LogP contribution in [0.1, 0.15) is 64.5 Å². The Bertz CT molecular complexity index is 1430. The minimum Gasteiger partial charge on any atom is -0.496 e. The zero-order chi connectivity index (χ0) is 29.4. The molecule has 1 unspecified atom stereocenters. The van der Waals surface area contributed by atoms with Crippen molar-refractivity contribution in [3.8, 4) is 5.75 Å². The van der Waals surface area contributed by atoms with E-state index in [-0.39, 0.29) is 18.2 Å². The monoisotopic (exact) mass is 562 g/mol. The fourth-order valence-electron chi connectivity index (χ4n) is 5.52. The number of benzene rings is 2. The van der Waals surface area contributed by atoms with Gasteiger partial charge in [0.05, 0.1) is 24.8 Å². The number of fused-ring (bicyclic) bond motifs is 3. The molecule has 0 amide bonds. The largest absolute Gasteiger partial charge is 0.496 e. The van der Waals surface area contributed by atoms with Crippen LogP contribution in [0.15, 0.2) is 42.5 Å². The Kier molecular flexibility index (Phi) is 10.4. The van der Waals surface area contributed by atoms with Gasteiger partial charge in [0, 0.05) is 43.3 Å². The highest BCUT2D eigenvalue weighted by Crippen LogP contribution is 2.34. The molecule has 0 bridgehead atoms. The lowest BCUT2D eigenvalue weighted by atomic mass is 9.94. The summed E-state index contributed by atoms with van der Waals surface area (Å²) in [7, 11) is 1.73. The predicted molar refractivity (Wildman–Crippen MR) is 168 cm³/mol. The molecule has 5 N–H and O–H groups in total. The van der Waals surface area contributed by atoms with Crippen LogP contribution < -0.4 is 21.1 Å². The maximum atomic E-state index is 7.57. The van der Waals surface area contributed by atoms with Crippen molar-refractivity contribution >= 4 is 33.7 Å². The van der Waals surface area contributed by atoms with Gasteiger partial charge in [-0.1, -0.05) is 37.6 Å². The van der Waals surface area contributed by atoms with Crippen molar-refractivity contribution in [2.45, 2.75) is 78.1 Å². The lowest BCUT2D eigenvalue weighted by molar-refractivity contribution is -0.0630. The van der Waals surface area contributed by atoms with Crippen molar-refractivity contribution in [2.24, 2.45) is 0 Å². The first-order valence-electron chi connectivity index (χ1n) is 14.7. The number of methoxy groups -OCH3 is 1. The van der Waals surface area contributed by atoms with E-state index in [0.29, 0.717) is 12.6 Å². The van der Waals surface area contributed by atoms with E-state index in [4.69, 9.17) is 20.3 Å². The molecule has 0 saturated carbocycles. The maximum absolute atomic E-state index is 7.57. The number of unbranched alkanes of at least 4 members (excludes halogenated alkanes) is 1. The average molecular weight is 563 g/mol. The van der Waals surface area contributed by atoms with Crippen LogP contribution >= 0.6 is 0 Å². The molecule has 1 saturated heterocycles. The van der Waals surface area contributed by atoms with Gasteiger partial charge in [-0.05, 0) is 63.8 Å². The molecule has 0 aliphatic carbocycles. The van der Waals surface area contributed by atoms with Crippen LogP contribution in [0.25, 0.3) is 21.9 Å². The minimum absolute atomic E-state index is 0.0775.